The number of halogens is 2. The van der Waals surface area contributed by atoms with Crippen LogP contribution in [0.2, 0.25) is 0 Å². The zero-order valence-corrected chi connectivity index (χ0v) is 19.1. The van der Waals surface area contributed by atoms with E-state index in [0.717, 1.165) is 10.9 Å². The van der Waals surface area contributed by atoms with Crippen LogP contribution in [-0.4, -0.2) is 39.1 Å². The first kappa shape index (κ1) is 23.9. The minimum atomic E-state index is -3.29. The van der Waals surface area contributed by atoms with Gasteiger partial charge in [-0.05, 0) is 31.2 Å². The van der Waals surface area contributed by atoms with Gasteiger partial charge in [-0.3, -0.25) is 19.1 Å². The van der Waals surface area contributed by atoms with E-state index in [9.17, 15) is 18.4 Å². The molecule has 0 saturated carbocycles. The maximum Gasteiger partial charge on any atom is 0.293 e. The molecule has 0 bridgehead atoms. The van der Waals surface area contributed by atoms with E-state index in [2.05, 4.69) is 25.6 Å². The van der Waals surface area contributed by atoms with E-state index < -0.39 is 23.9 Å². The smallest absolute Gasteiger partial charge is 0.293 e. The number of benzene rings is 1. The molecule has 3 heterocycles. The first-order valence-corrected chi connectivity index (χ1v) is 10.8. The van der Waals surface area contributed by atoms with E-state index in [1.165, 1.54) is 36.1 Å². The summed E-state index contributed by atoms with van der Waals surface area (Å²) in [6.45, 7) is 0.639. The number of amides is 1. The van der Waals surface area contributed by atoms with E-state index in [4.69, 9.17) is 4.74 Å². The number of alkyl halides is 2. The lowest BCUT2D eigenvalue weighted by Gasteiger charge is -2.19. The van der Waals surface area contributed by atoms with Crippen molar-refractivity contribution < 1.29 is 18.3 Å². The second-order valence-electron chi connectivity index (χ2n) is 7.95. The number of methoxy groups -OCH3 is 1. The molecule has 9 nitrogen and oxygen atoms in total. The number of nitrogens with zero attached hydrogens (tertiary/aromatic N) is 3. The van der Waals surface area contributed by atoms with E-state index >= 15 is 0 Å². The number of hydrogen-bond donors (Lipinski definition) is 3. The van der Waals surface area contributed by atoms with E-state index in [0.29, 0.717) is 17.1 Å². The van der Waals surface area contributed by atoms with Gasteiger partial charge in [0.1, 0.15) is 12.3 Å². The minimum Gasteiger partial charge on any atom is -0.497 e. The number of carbonyl (C=O) groups is 1. The third-order valence-electron chi connectivity index (χ3n) is 5.49. The molecular formula is C24H24F2N6O3. The Kier molecular flexibility index (Phi) is 6.76. The van der Waals surface area contributed by atoms with Crippen LogP contribution >= 0.6 is 0 Å². The minimum absolute atomic E-state index is 0.177. The number of carbonyl (C=O) groups excluding carboxylic acids is 1. The average molecular weight is 482 g/mol. The molecule has 0 aliphatic rings. The first-order valence-electron chi connectivity index (χ1n) is 10.8. The van der Waals surface area contributed by atoms with Crippen LogP contribution in [0.15, 0.2) is 59.8 Å². The summed E-state index contributed by atoms with van der Waals surface area (Å²) in [4.78, 5) is 36.6. The molecule has 4 aromatic rings. The van der Waals surface area contributed by atoms with Gasteiger partial charge in [0.05, 0.1) is 37.6 Å². The van der Waals surface area contributed by atoms with Gasteiger partial charge in [0, 0.05) is 29.0 Å². The van der Waals surface area contributed by atoms with Gasteiger partial charge in [-0.1, -0.05) is 12.1 Å². The Labute approximate surface area is 199 Å². The summed E-state index contributed by atoms with van der Waals surface area (Å²) in [6.07, 6.45) is 4.82. The number of rotatable bonds is 9. The monoisotopic (exact) mass is 482 g/mol. The lowest BCUT2D eigenvalue weighted by molar-refractivity contribution is -0.121. The van der Waals surface area contributed by atoms with E-state index in [1.54, 1.807) is 25.4 Å². The molecule has 3 N–H and O–H groups in total. The van der Waals surface area contributed by atoms with Gasteiger partial charge in [0.25, 0.3) is 11.5 Å². The molecule has 35 heavy (non-hydrogen) atoms. The van der Waals surface area contributed by atoms with Crippen molar-refractivity contribution in [2.24, 2.45) is 0 Å². The summed E-state index contributed by atoms with van der Waals surface area (Å²) in [5.74, 6) is -3.69. The number of anilines is 1. The molecule has 4 rings (SSSR count). The molecule has 0 spiro atoms. The first-order chi connectivity index (χ1) is 16.8. The van der Waals surface area contributed by atoms with Crippen LogP contribution in [0.4, 0.5) is 14.6 Å². The van der Waals surface area contributed by atoms with Crippen LogP contribution in [-0.2, 0) is 23.8 Å². The number of pyridine rings is 1. The number of hydrogen-bond acceptors (Lipinski definition) is 6. The topological polar surface area (TPSA) is 114 Å². The molecule has 3 aromatic heterocycles. The molecule has 1 amide bonds. The molecule has 0 aliphatic heterocycles. The Bertz CT molecular complexity index is 1420. The molecule has 1 aromatic carbocycles. The molecular weight excluding hydrogens is 458 g/mol. The largest absolute Gasteiger partial charge is 0.497 e. The van der Waals surface area contributed by atoms with Crippen molar-refractivity contribution in [2.75, 3.05) is 19.0 Å². The highest BCUT2D eigenvalue weighted by Gasteiger charge is 2.32. The van der Waals surface area contributed by atoms with Crippen molar-refractivity contribution in [2.45, 2.75) is 25.9 Å². The van der Waals surface area contributed by atoms with Gasteiger partial charge in [-0.15, -0.1) is 0 Å². The van der Waals surface area contributed by atoms with Gasteiger partial charge >= 0.3 is 0 Å². The zero-order chi connectivity index (χ0) is 25.0. The predicted octanol–water partition coefficient (Wildman–Crippen LogP) is 2.96. The van der Waals surface area contributed by atoms with Gasteiger partial charge in [-0.2, -0.15) is 8.78 Å². The number of aromatic amines is 1. The Morgan fingerprint density at radius 1 is 1.20 bits per heavy atom. The van der Waals surface area contributed by atoms with Crippen molar-refractivity contribution in [3.05, 3.63) is 82.3 Å². The number of nitrogens with one attached hydrogen (secondary N) is 3. The standard InChI is InChI=1S/C24H24F2N6O3/c1-15-10-30-22(31-14-24(25,26)17-4-3-5-19(9-17)35-2)23(34)32(15)13-21(33)29-11-18-8-16-6-7-27-20(16)12-28-18/h3-10,12,27H,11,13-14H2,1-2H3,(H,29,33)(H,30,31). The van der Waals surface area contributed by atoms with E-state index in [1.807, 2.05) is 12.1 Å². The molecule has 182 valence electrons. The summed E-state index contributed by atoms with van der Waals surface area (Å²) < 4.78 is 35.6. The molecule has 0 atom stereocenters. The van der Waals surface area contributed by atoms with Gasteiger partial charge in [-0.25, -0.2) is 4.98 Å². The number of aromatic nitrogens is 4. The van der Waals surface area contributed by atoms with Gasteiger partial charge < -0.3 is 20.4 Å². The summed E-state index contributed by atoms with van der Waals surface area (Å²) in [6, 6.07) is 9.28. The van der Waals surface area contributed by atoms with Gasteiger partial charge in [0.2, 0.25) is 5.91 Å². The fourth-order valence-corrected chi connectivity index (χ4v) is 3.52. The Morgan fingerprint density at radius 2 is 2.03 bits per heavy atom. The third-order valence-corrected chi connectivity index (χ3v) is 5.49. The number of H-pyrrole nitrogens is 1. The van der Waals surface area contributed by atoms with E-state index in [-0.39, 0.29) is 24.5 Å². The highest BCUT2D eigenvalue weighted by Crippen LogP contribution is 2.30. The van der Waals surface area contributed by atoms with Crippen LogP contribution in [0.3, 0.4) is 0 Å². The van der Waals surface area contributed by atoms with Crippen molar-refractivity contribution in [3.63, 3.8) is 0 Å². The van der Waals surface area contributed by atoms with Crippen molar-refractivity contribution in [1.82, 2.24) is 24.8 Å². The summed E-state index contributed by atoms with van der Waals surface area (Å²) in [5.41, 5.74) is 1.03. The van der Waals surface area contributed by atoms with Crippen LogP contribution in [0.25, 0.3) is 10.9 Å². The van der Waals surface area contributed by atoms with Crippen molar-refractivity contribution in [3.8, 4) is 5.75 Å². The molecule has 0 aliphatic carbocycles. The maximum atomic E-state index is 14.7. The summed E-state index contributed by atoms with van der Waals surface area (Å²) in [5, 5.41) is 6.11. The fraction of sp³-hybridized carbons (Fsp3) is 0.250. The molecule has 0 saturated heterocycles. The van der Waals surface area contributed by atoms with Crippen LogP contribution in [0.1, 0.15) is 17.0 Å². The second kappa shape index (κ2) is 9.92. The zero-order valence-electron chi connectivity index (χ0n) is 19.1. The Balaban J connectivity index is 1.42. The normalized spacial score (nSPS) is 11.4. The SMILES string of the molecule is COc1cccc(C(F)(F)CNc2ncc(C)n(CC(=O)NCc3cc4cc[nH]c4cn3)c2=O)c1. The average Bonchev–Trinajstić information content (AvgIpc) is 3.33. The summed E-state index contributed by atoms with van der Waals surface area (Å²) >= 11 is 0. The number of aryl methyl sites for hydroxylation is 1. The molecule has 0 radical (unpaired) electrons. The lowest BCUT2D eigenvalue weighted by Crippen LogP contribution is -2.35. The molecule has 0 unspecified atom stereocenters. The highest BCUT2D eigenvalue weighted by atomic mass is 19.3. The number of ether oxygens (including phenoxy) is 1. The van der Waals surface area contributed by atoms with Crippen molar-refractivity contribution in [1.29, 1.82) is 0 Å². The maximum absolute atomic E-state index is 14.7. The van der Waals surface area contributed by atoms with Crippen molar-refractivity contribution >= 4 is 22.6 Å². The fourth-order valence-electron chi connectivity index (χ4n) is 3.52. The lowest BCUT2D eigenvalue weighted by atomic mass is 10.1. The Morgan fingerprint density at radius 3 is 2.83 bits per heavy atom. The number of fused-ring (bicyclic) bond motifs is 1. The molecule has 0 fully saturated rings. The predicted molar refractivity (Wildman–Crippen MR) is 127 cm³/mol. The molecule has 11 heteroatoms. The third kappa shape index (κ3) is 5.45. The quantitative estimate of drug-likeness (QED) is 0.338. The van der Waals surface area contributed by atoms with Crippen LogP contribution in [0, 0.1) is 6.92 Å². The van der Waals surface area contributed by atoms with Crippen LogP contribution < -0.4 is 20.9 Å². The Hall–Kier alpha value is -4.28. The van der Waals surface area contributed by atoms with Crippen LogP contribution in [0.5, 0.6) is 5.75 Å². The van der Waals surface area contributed by atoms with Gasteiger partial charge in [0.15, 0.2) is 5.82 Å². The summed E-state index contributed by atoms with van der Waals surface area (Å²) in [7, 11) is 1.39. The second-order valence-corrected chi connectivity index (χ2v) is 7.95. The highest BCUT2D eigenvalue weighted by molar-refractivity contribution is 5.79.